The number of halogens is 2. The molecule has 114 valence electrons. The first-order valence-electron chi connectivity index (χ1n) is 6.19. The monoisotopic (exact) mass is 351 g/mol. The maximum absolute atomic E-state index is 11.8. The summed E-state index contributed by atoms with van der Waals surface area (Å²) in [6.07, 6.45) is 1.75. The highest BCUT2D eigenvalue weighted by Gasteiger charge is 2.01. The van der Waals surface area contributed by atoms with Crippen molar-refractivity contribution in [2.75, 3.05) is 38.4 Å². The van der Waals surface area contributed by atoms with Crippen molar-refractivity contribution in [2.24, 2.45) is 0 Å². The summed E-state index contributed by atoms with van der Waals surface area (Å²) in [4.78, 5) is 10.9. The zero-order valence-corrected chi connectivity index (χ0v) is 12.6. The van der Waals surface area contributed by atoms with Gasteiger partial charge in [0.15, 0.2) is 0 Å². The van der Waals surface area contributed by atoms with Gasteiger partial charge in [-0.05, 0) is 0 Å². The molecule has 0 aromatic carbocycles. The van der Waals surface area contributed by atoms with Crippen molar-refractivity contribution in [1.82, 2.24) is 20.3 Å². The third-order valence-electron chi connectivity index (χ3n) is 2.21. The Morgan fingerprint density at radius 1 is 1.40 bits per heavy atom. The van der Waals surface area contributed by atoms with Crippen LogP contribution in [-0.2, 0) is 27.4 Å². The molecule has 1 amide bonds. The smallest absolute Gasteiger partial charge is 0.230 e. The van der Waals surface area contributed by atoms with Gasteiger partial charge in [-0.3, -0.25) is 4.79 Å². The summed E-state index contributed by atoms with van der Waals surface area (Å²) in [6.45, 7) is 1.73. The lowest BCUT2D eigenvalue weighted by molar-refractivity contribution is -0.118. The highest BCUT2D eigenvalue weighted by atomic mass is 79.9. The number of hydrogen-bond donors (Lipinski definition) is 1. The Kier molecular flexibility index (Phi) is 9.09. The minimum atomic E-state index is -0.484. The van der Waals surface area contributed by atoms with E-state index in [9.17, 15) is 9.18 Å². The number of amides is 1. The van der Waals surface area contributed by atoms with E-state index in [-0.39, 0.29) is 17.8 Å². The summed E-state index contributed by atoms with van der Waals surface area (Å²) in [7, 11) is 0. The predicted molar refractivity (Wildman–Crippen MR) is 73.3 cm³/mol. The quantitative estimate of drug-likeness (QED) is 0.458. The molecule has 20 heavy (non-hydrogen) atoms. The van der Waals surface area contributed by atoms with Gasteiger partial charge in [-0.1, -0.05) is 21.1 Å². The van der Waals surface area contributed by atoms with E-state index in [0.717, 1.165) is 0 Å². The van der Waals surface area contributed by atoms with Crippen LogP contribution in [0.1, 0.15) is 5.69 Å². The van der Waals surface area contributed by atoms with E-state index in [4.69, 9.17) is 9.47 Å². The molecule has 9 heteroatoms. The van der Waals surface area contributed by atoms with Crippen LogP contribution in [0, 0.1) is 0 Å². The minimum absolute atomic E-state index is 0.0761. The van der Waals surface area contributed by atoms with Crippen molar-refractivity contribution in [3.63, 3.8) is 0 Å². The highest BCUT2D eigenvalue weighted by molar-refractivity contribution is 9.09. The molecule has 0 aliphatic heterocycles. The van der Waals surface area contributed by atoms with Gasteiger partial charge in [0.05, 0.1) is 44.5 Å². The van der Waals surface area contributed by atoms with Gasteiger partial charge in [-0.15, -0.1) is 5.10 Å². The first kappa shape index (κ1) is 17.0. The standard InChI is InChI=1S/C11H18BrFN4O3/c12-7-11(18)14-2-5-20-9-10-8-17(16-15-10)3-6-19-4-1-13/h8H,1-7,9H2,(H,14,18)/i13-1. The lowest BCUT2D eigenvalue weighted by Gasteiger charge is -2.03. The molecule has 0 aliphatic rings. The van der Waals surface area contributed by atoms with Gasteiger partial charge in [-0.25, -0.2) is 9.07 Å². The number of nitrogens with one attached hydrogen (secondary N) is 1. The fourth-order valence-electron chi connectivity index (χ4n) is 1.32. The lowest BCUT2D eigenvalue weighted by atomic mass is 10.5. The van der Waals surface area contributed by atoms with E-state index in [0.29, 0.717) is 38.6 Å². The average molecular weight is 352 g/mol. The van der Waals surface area contributed by atoms with E-state index in [2.05, 4.69) is 31.6 Å². The number of hydrogen-bond acceptors (Lipinski definition) is 5. The molecule has 1 aromatic heterocycles. The number of ether oxygens (including phenoxy) is 2. The van der Waals surface area contributed by atoms with E-state index >= 15 is 0 Å². The largest absolute Gasteiger partial charge is 0.377 e. The lowest BCUT2D eigenvalue weighted by Crippen LogP contribution is -2.27. The summed E-state index contributed by atoms with van der Waals surface area (Å²) in [5, 5.41) is 10.8. The number of rotatable bonds is 11. The number of aromatic nitrogens is 3. The third-order valence-corrected chi connectivity index (χ3v) is 2.72. The summed E-state index contributed by atoms with van der Waals surface area (Å²) in [6, 6.07) is 0. The minimum Gasteiger partial charge on any atom is -0.377 e. The molecule has 0 radical (unpaired) electrons. The van der Waals surface area contributed by atoms with Gasteiger partial charge in [0.1, 0.15) is 12.4 Å². The van der Waals surface area contributed by atoms with Crippen molar-refractivity contribution >= 4 is 21.8 Å². The maximum Gasteiger partial charge on any atom is 0.230 e. The SMILES string of the molecule is O=C(CBr)NCCOCc1cn(CCOCC[18F])nn1. The Hall–Kier alpha value is -1.06. The molecule has 1 N–H and O–H groups in total. The molecule has 0 saturated heterocycles. The number of alkyl halides is 2. The first-order valence-corrected chi connectivity index (χ1v) is 7.31. The van der Waals surface area contributed by atoms with E-state index < -0.39 is 6.67 Å². The van der Waals surface area contributed by atoms with Crippen LogP contribution in [0.4, 0.5) is 4.39 Å². The molecule has 1 aromatic rings. The molecule has 0 unspecified atom stereocenters. The van der Waals surface area contributed by atoms with Gasteiger partial charge in [0, 0.05) is 6.54 Å². The molecule has 1 rings (SSSR count). The van der Waals surface area contributed by atoms with Gasteiger partial charge in [0.25, 0.3) is 0 Å². The third kappa shape index (κ3) is 7.51. The van der Waals surface area contributed by atoms with Gasteiger partial charge in [-0.2, -0.15) is 0 Å². The number of nitrogens with zero attached hydrogens (tertiary/aromatic N) is 3. The van der Waals surface area contributed by atoms with Crippen molar-refractivity contribution in [2.45, 2.75) is 13.2 Å². The van der Waals surface area contributed by atoms with E-state index in [1.54, 1.807) is 10.9 Å². The van der Waals surface area contributed by atoms with Gasteiger partial charge < -0.3 is 14.8 Å². The van der Waals surface area contributed by atoms with Crippen molar-refractivity contribution in [3.05, 3.63) is 11.9 Å². The molecular formula is C11H18BrFN4O3. The van der Waals surface area contributed by atoms with Crippen LogP contribution < -0.4 is 5.32 Å². The second-order valence-electron chi connectivity index (χ2n) is 3.81. The number of carbonyl (C=O) groups excluding carboxylic acids is 1. The highest BCUT2D eigenvalue weighted by Crippen LogP contribution is 1.96. The van der Waals surface area contributed by atoms with Gasteiger partial charge in [0.2, 0.25) is 5.91 Å². The second-order valence-corrected chi connectivity index (χ2v) is 4.37. The van der Waals surface area contributed by atoms with Crippen LogP contribution in [-0.4, -0.2) is 59.3 Å². The van der Waals surface area contributed by atoms with Crippen LogP contribution in [0.25, 0.3) is 0 Å². The fraction of sp³-hybridized carbons (Fsp3) is 0.727. The molecule has 7 nitrogen and oxygen atoms in total. The Morgan fingerprint density at radius 2 is 2.25 bits per heavy atom. The van der Waals surface area contributed by atoms with E-state index in [1.807, 2.05) is 0 Å². The molecule has 0 saturated carbocycles. The summed E-state index contributed by atoms with van der Waals surface area (Å²) in [5.74, 6) is -0.0761. The Balaban J connectivity index is 2.09. The topological polar surface area (TPSA) is 78.3 Å². The van der Waals surface area contributed by atoms with Crippen LogP contribution >= 0.6 is 15.9 Å². The van der Waals surface area contributed by atoms with Crippen LogP contribution in [0.3, 0.4) is 0 Å². The molecule has 0 fully saturated rings. The Morgan fingerprint density at radius 3 is 3.00 bits per heavy atom. The van der Waals surface area contributed by atoms with E-state index in [1.165, 1.54) is 0 Å². The number of carbonyl (C=O) groups is 1. The molecule has 0 spiro atoms. The molecule has 0 aliphatic carbocycles. The fourth-order valence-corrected chi connectivity index (χ4v) is 1.51. The zero-order valence-electron chi connectivity index (χ0n) is 11.1. The predicted octanol–water partition coefficient (Wildman–Crippen LogP) is 0.292. The van der Waals surface area contributed by atoms with Crippen LogP contribution in [0.2, 0.25) is 0 Å². The normalized spacial score (nSPS) is 10.7. The van der Waals surface area contributed by atoms with Gasteiger partial charge >= 0.3 is 0 Å². The summed E-state index contributed by atoms with van der Waals surface area (Å²) >= 11 is 3.05. The van der Waals surface area contributed by atoms with Crippen LogP contribution in [0.15, 0.2) is 6.20 Å². The average Bonchev–Trinajstić information content (AvgIpc) is 2.91. The van der Waals surface area contributed by atoms with Crippen LogP contribution in [0.5, 0.6) is 0 Å². The van der Waals surface area contributed by atoms with Crippen molar-refractivity contribution in [3.8, 4) is 0 Å². The molecule has 0 bridgehead atoms. The summed E-state index contributed by atoms with van der Waals surface area (Å²) in [5.41, 5.74) is 0.697. The van der Waals surface area contributed by atoms with Crippen molar-refractivity contribution < 1.29 is 18.7 Å². The molecular weight excluding hydrogens is 334 g/mol. The Bertz CT molecular complexity index is 392. The first-order chi connectivity index (χ1) is 9.76. The molecule has 1 heterocycles. The Labute approximate surface area is 124 Å². The second kappa shape index (κ2) is 10.7. The maximum atomic E-state index is 11.8. The zero-order chi connectivity index (χ0) is 14.6. The summed E-state index contributed by atoms with van der Waals surface area (Å²) < 4.78 is 23.8. The van der Waals surface area contributed by atoms with Crippen molar-refractivity contribution in [1.29, 1.82) is 0 Å². The molecule has 0 atom stereocenters.